The van der Waals surface area contributed by atoms with Gasteiger partial charge in [0.1, 0.15) is 0 Å². The highest BCUT2D eigenvalue weighted by Gasteiger charge is 2.25. The van der Waals surface area contributed by atoms with Gasteiger partial charge >= 0.3 is 0 Å². The number of piperidine rings is 1. The molecule has 1 radical (unpaired) electrons. The van der Waals surface area contributed by atoms with Crippen molar-refractivity contribution in [3.63, 3.8) is 0 Å². The van der Waals surface area contributed by atoms with Gasteiger partial charge in [0.25, 0.3) is 0 Å². The number of hydrogen-bond donors (Lipinski definition) is 0. The van der Waals surface area contributed by atoms with Crippen molar-refractivity contribution in [1.82, 2.24) is 10.6 Å². The second kappa shape index (κ2) is 4.43. The quantitative estimate of drug-likeness (QED) is 0.608. The third-order valence-corrected chi connectivity index (χ3v) is 3.60. The summed E-state index contributed by atoms with van der Waals surface area (Å²) in [6.07, 6.45) is 9.09. The monoisotopic (exact) mass is 181 g/mol. The summed E-state index contributed by atoms with van der Waals surface area (Å²) < 4.78 is 0. The lowest BCUT2D eigenvalue weighted by Gasteiger charge is -2.37. The van der Waals surface area contributed by atoms with Gasteiger partial charge in [0, 0.05) is 12.1 Å². The van der Waals surface area contributed by atoms with Gasteiger partial charge < -0.3 is 4.90 Å². The van der Waals surface area contributed by atoms with Crippen LogP contribution >= 0.6 is 0 Å². The van der Waals surface area contributed by atoms with E-state index in [1.165, 1.54) is 45.2 Å². The number of nitrogens with one attached hydrogen (secondary N) is 1. The molecule has 2 aliphatic rings. The summed E-state index contributed by atoms with van der Waals surface area (Å²) in [4.78, 5) is 2.68. The summed E-state index contributed by atoms with van der Waals surface area (Å²) in [7, 11) is 0. The molecule has 2 fully saturated rings. The first kappa shape index (κ1) is 9.47. The summed E-state index contributed by atoms with van der Waals surface area (Å²) in [5.74, 6) is 0. The van der Waals surface area contributed by atoms with E-state index in [0.29, 0.717) is 0 Å². The van der Waals surface area contributed by atoms with Crippen LogP contribution in [0.3, 0.4) is 0 Å². The highest BCUT2D eigenvalue weighted by atomic mass is 15.2. The Morgan fingerprint density at radius 1 is 0.846 bits per heavy atom. The van der Waals surface area contributed by atoms with Crippen molar-refractivity contribution >= 4 is 0 Å². The second-order valence-electron chi connectivity index (χ2n) is 4.60. The largest absolute Gasteiger partial charge is 0.300 e. The predicted molar refractivity (Wildman–Crippen MR) is 54.6 cm³/mol. The molecule has 0 unspecified atom stereocenters. The third-order valence-electron chi connectivity index (χ3n) is 3.60. The summed E-state index contributed by atoms with van der Waals surface area (Å²) in [5.41, 5.74) is 7.66. The number of likely N-dealkylation sites (tertiary alicyclic amines) is 1. The van der Waals surface area contributed by atoms with Crippen LogP contribution in [0.15, 0.2) is 0 Å². The SMILES string of the molecule is [NH][C@H]1CC[C@H](N2CCCCC2)CC1. The molecule has 2 nitrogen and oxygen atoms in total. The minimum absolute atomic E-state index is 0.251. The molecule has 2 rings (SSSR count). The molecular weight excluding hydrogens is 160 g/mol. The molecule has 0 atom stereocenters. The van der Waals surface area contributed by atoms with Crippen LogP contribution in [0, 0.1) is 0 Å². The molecule has 0 spiro atoms. The fourth-order valence-corrected chi connectivity index (χ4v) is 2.72. The van der Waals surface area contributed by atoms with E-state index in [1.54, 1.807) is 0 Å². The van der Waals surface area contributed by atoms with Gasteiger partial charge in [-0.15, -0.1) is 0 Å². The molecular formula is C11H21N2. The summed E-state index contributed by atoms with van der Waals surface area (Å²) in [5, 5.41) is 0. The van der Waals surface area contributed by atoms with Crippen molar-refractivity contribution in [3.05, 3.63) is 0 Å². The standard InChI is InChI=1S/C11H21N2/c12-10-4-6-11(7-5-10)13-8-2-1-3-9-13/h10-12H,1-9H2/t10-,11-. The maximum atomic E-state index is 7.66. The lowest BCUT2D eigenvalue weighted by Crippen LogP contribution is -2.42. The first-order valence-electron chi connectivity index (χ1n) is 5.81. The van der Waals surface area contributed by atoms with Crippen molar-refractivity contribution in [2.45, 2.75) is 57.0 Å². The van der Waals surface area contributed by atoms with Crippen molar-refractivity contribution in [2.24, 2.45) is 0 Å². The van der Waals surface area contributed by atoms with Gasteiger partial charge in [-0.1, -0.05) is 6.42 Å². The van der Waals surface area contributed by atoms with Crippen LogP contribution in [0.4, 0.5) is 0 Å². The molecule has 0 amide bonds. The zero-order chi connectivity index (χ0) is 9.10. The maximum absolute atomic E-state index is 7.66. The van der Waals surface area contributed by atoms with E-state index in [2.05, 4.69) is 4.90 Å². The number of rotatable bonds is 1. The number of hydrogen-bond acceptors (Lipinski definition) is 1. The molecule has 13 heavy (non-hydrogen) atoms. The van der Waals surface area contributed by atoms with Crippen LogP contribution in [-0.4, -0.2) is 30.1 Å². The molecule has 1 aliphatic heterocycles. The number of nitrogens with zero attached hydrogens (tertiary/aromatic N) is 1. The molecule has 1 saturated heterocycles. The van der Waals surface area contributed by atoms with Crippen LogP contribution in [0.25, 0.3) is 0 Å². The van der Waals surface area contributed by atoms with Crippen molar-refractivity contribution in [1.29, 1.82) is 0 Å². The van der Waals surface area contributed by atoms with Gasteiger partial charge in [0.2, 0.25) is 0 Å². The Kier molecular flexibility index (Phi) is 3.23. The normalized spacial score (nSPS) is 37.6. The average Bonchev–Trinajstić information content (AvgIpc) is 2.20. The van der Waals surface area contributed by atoms with Crippen molar-refractivity contribution in [2.75, 3.05) is 13.1 Å². The van der Waals surface area contributed by atoms with Gasteiger partial charge in [-0.25, -0.2) is 0 Å². The molecule has 75 valence electrons. The predicted octanol–water partition coefficient (Wildman–Crippen LogP) is 2.07. The molecule has 1 aliphatic carbocycles. The van der Waals surface area contributed by atoms with E-state index >= 15 is 0 Å². The first-order valence-corrected chi connectivity index (χ1v) is 5.81. The Labute approximate surface area is 81.5 Å². The molecule has 1 N–H and O–H groups in total. The van der Waals surface area contributed by atoms with E-state index < -0.39 is 0 Å². The Bertz CT molecular complexity index is 144. The zero-order valence-electron chi connectivity index (χ0n) is 8.47. The minimum atomic E-state index is 0.251. The van der Waals surface area contributed by atoms with E-state index in [0.717, 1.165) is 18.9 Å². The molecule has 0 bridgehead atoms. The van der Waals surface area contributed by atoms with Crippen LogP contribution in [-0.2, 0) is 0 Å². The van der Waals surface area contributed by atoms with Crippen molar-refractivity contribution < 1.29 is 0 Å². The fourth-order valence-electron chi connectivity index (χ4n) is 2.72. The summed E-state index contributed by atoms with van der Waals surface area (Å²) >= 11 is 0. The average molecular weight is 181 g/mol. The van der Waals surface area contributed by atoms with Gasteiger partial charge in [0.05, 0.1) is 0 Å². The van der Waals surface area contributed by atoms with Gasteiger partial charge in [-0.05, 0) is 51.6 Å². The molecule has 0 aromatic rings. The fraction of sp³-hybridized carbons (Fsp3) is 1.00. The van der Waals surface area contributed by atoms with E-state index in [4.69, 9.17) is 5.73 Å². The molecule has 2 heteroatoms. The van der Waals surface area contributed by atoms with Gasteiger partial charge in [-0.2, -0.15) is 0 Å². The minimum Gasteiger partial charge on any atom is -0.300 e. The lowest BCUT2D eigenvalue weighted by molar-refractivity contribution is 0.125. The highest BCUT2D eigenvalue weighted by Crippen LogP contribution is 2.25. The van der Waals surface area contributed by atoms with Gasteiger partial charge in [0.15, 0.2) is 0 Å². The van der Waals surface area contributed by atoms with Crippen molar-refractivity contribution in [3.8, 4) is 0 Å². The summed E-state index contributed by atoms with van der Waals surface area (Å²) in [6, 6.07) is 1.09. The van der Waals surface area contributed by atoms with Crippen LogP contribution < -0.4 is 5.73 Å². The topological polar surface area (TPSA) is 27.0 Å². The van der Waals surface area contributed by atoms with Crippen LogP contribution in [0.2, 0.25) is 0 Å². The van der Waals surface area contributed by atoms with Crippen LogP contribution in [0.5, 0.6) is 0 Å². The Morgan fingerprint density at radius 3 is 2.08 bits per heavy atom. The van der Waals surface area contributed by atoms with E-state index in [1.807, 2.05) is 0 Å². The molecule has 1 heterocycles. The maximum Gasteiger partial charge on any atom is 0.0214 e. The zero-order valence-corrected chi connectivity index (χ0v) is 8.47. The molecule has 0 aromatic heterocycles. The molecule has 1 saturated carbocycles. The smallest absolute Gasteiger partial charge is 0.0214 e. The third kappa shape index (κ3) is 2.44. The Morgan fingerprint density at radius 2 is 1.46 bits per heavy atom. The molecule has 0 aromatic carbocycles. The highest BCUT2D eigenvalue weighted by molar-refractivity contribution is 4.82. The second-order valence-corrected chi connectivity index (χ2v) is 4.60. The van der Waals surface area contributed by atoms with Gasteiger partial charge in [-0.3, -0.25) is 5.73 Å². The Balaban J connectivity index is 1.79. The van der Waals surface area contributed by atoms with E-state index in [-0.39, 0.29) is 6.04 Å². The van der Waals surface area contributed by atoms with Crippen LogP contribution in [0.1, 0.15) is 44.9 Å². The lowest BCUT2D eigenvalue weighted by atomic mass is 9.90. The Hall–Kier alpha value is -0.0800. The summed E-state index contributed by atoms with van der Waals surface area (Å²) in [6.45, 7) is 2.65. The first-order chi connectivity index (χ1) is 6.36. The van der Waals surface area contributed by atoms with E-state index in [9.17, 15) is 0 Å².